The van der Waals surface area contributed by atoms with Gasteiger partial charge in [0.15, 0.2) is 11.1 Å². The Kier molecular flexibility index (Phi) is 11.2. The highest BCUT2D eigenvalue weighted by Crippen LogP contribution is 2.55. The summed E-state index contributed by atoms with van der Waals surface area (Å²) in [6.45, 7) is 13.4. The van der Waals surface area contributed by atoms with Crippen molar-refractivity contribution in [2.75, 3.05) is 18.0 Å². The second-order valence-electron chi connectivity index (χ2n) is 20.7. The number of fused-ring (bicyclic) bond motifs is 4. The minimum atomic E-state index is -2.29. The summed E-state index contributed by atoms with van der Waals surface area (Å²) in [7, 11) is 0. The van der Waals surface area contributed by atoms with Gasteiger partial charge >= 0.3 is 12.2 Å². The van der Waals surface area contributed by atoms with E-state index < -0.39 is 105 Å². The van der Waals surface area contributed by atoms with E-state index >= 15 is 9.59 Å². The molecule has 18 heteroatoms. The molecule has 9 atom stereocenters. The van der Waals surface area contributed by atoms with Crippen LogP contribution in [0.2, 0.25) is 0 Å². The van der Waals surface area contributed by atoms with Gasteiger partial charge in [-0.25, -0.2) is 14.0 Å². The summed E-state index contributed by atoms with van der Waals surface area (Å²) in [5.41, 5.74) is -6.10. The lowest BCUT2D eigenvalue weighted by atomic mass is 9.68. The zero-order valence-corrected chi connectivity index (χ0v) is 38.3. The summed E-state index contributed by atoms with van der Waals surface area (Å²) in [6.07, 6.45) is -5.31. The highest BCUT2D eigenvalue weighted by atomic mass is 19.1. The number of aliphatic hydroxyl groups is 2. The van der Waals surface area contributed by atoms with Crippen molar-refractivity contribution in [2.45, 2.75) is 122 Å². The van der Waals surface area contributed by atoms with Gasteiger partial charge in [-0.3, -0.25) is 48.7 Å². The molecule has 4 bridgehead atoms. The second-order valence-corrected chi connectivity index (χ2v) is 20.7. The molecule has 0 saturated carbocycles. The van der Waals surface area contributed by atoms with Crippen LogP contribution in [0.15, 0.2) is 72.8 Å². The number of likely N-dealkylation sites (tertiary alicyclic amines) is 2. The topological polar surface area (TPSA) is 227 Å². The molecule has 7 heterocycles. The highest BCUT2D eigenvalue weighted by molar-refractivity contribution is 6.18. The molecule has 3 aliphatic rings. The molecule has 3 saturated heterocycles. The zero-order chi connectivity index (χ0) is 48.2. The molecule has 8 rings (SSSR count). The summed E-state index contributed by atoms with van der Waals surface area (Å²) in [5.74, 6) is -4.66. The third-order valence-electron chi connectivity index (χ3n) is 15.2. The van der Waals surface area contributed by atoms with Gasteiger partial charge in [0, 0.05) is 59.0 Å². The van der Waals surface area contributed by atoms with Gasteiger partial charge in [-0.2, -0.15) is 0 Å². The van der Waals surface area contributed by atoms with Crippen molar-refractivity contribution in [3.8, 4) is 0 Å². The summed E-state index contributed by atoms with van der Waals surface area (Å²) < 4.78 is 17.7. The van der Waals surface area contributed by atoms with Crippen molar-refractivity contribution in [3.63, 3.8) is 0 Å². The average molecular weight is 912 g/mol. The number of rotatable bonds is 9. The minimum Gasteiger partial charge on any atom is -0.465 e. The molecule has 0 radical (unpaired) electrons. The number of carbonyl (C=O) groups excluding carboxylic acids is 4. The zero-order valence-electron chi connectivity index (χ0n) is 38.3. The normalized spacial score (nSPS) is 27.3. The maximum atomic E-state index is 15.6. The van der Waals surface area contributed by atoms with Crippen LogP contribution in [0.25, 0.3) is 22.1 Å². The number of β-amino-alcohol motifs (C(OH)–C–C–N with tert-alkyl or cyclic N) is 2. The van der Waals surface area contributed by atoms with E-state index in [1.165, 1.54) is 21.3 Å². The van der Waals surface area contributed by atoms with Gasteiger partial charge in [-0.15, -0.1) is 0 Å². The Bertz CT molecular complexity index is 2610. The fourth-order valence-electron chi connectivity index (χ4n) is 12.4. The first-order valence-electron chi connectivity index (χ1n) is 22.2. The smallest absolute Gasteiger partial charge is 0.411 e. The molecular formula is C48H58FN7O10. The fraction of sp³-hybridized carbons (Fsp3) is 0.500. The van der Waals surface area contributed by atoms with E-state index in [1.54, 1.807) is 112 Å². The van der Waals surface area contributed by atoms with Gasteiger partial charge in [0.25, 0.3) is 23.6 Å². The highest BCUT2D eigenvalue weighted by Gasteiger charge is 2.70. The Morgan fingerprint density at radius 2 is 1.00 bits per heavy atom. The maximum Gasteiger partial charge on any atom is 0.411 e. The minimum absolute atomic E-state index is 0.00498. The van der Waals surface area contributed by atoms with Crippen LogP contribution in [0, 0.1) is 22.6 Å². The Morgan fingerprint density at radius 3 is 1.41 bits per heavy atom. The van der Waals surface area contributed by atoms with E-state index in [9.17, 15) is 44.0 Å². The van der Waals surface area contributed by atoms with Gasteiger partial charge in [0.1, 0.15) is 5.82 Å². The van der Waals surface area contributed by atoms with Crippen LogP contribution in [0.5, 0.6) is 0 Å². The van der Waals surface area contributed by atoms with Gasteiger partial charge in [-0.1, -0.05) is 48.5 Å². The first kappa shape index (κ1) is 46.6. The van der Waals surface area contributed by atoms with E-state index in [2.05, 4.69) is 0 Å². The first-order chi connectivity index (χ1) is 30.8. The number of amides is 4. The molecule has 0 spiro atoms. The van der Waals surface area contributed by atoms with Crippen LogP contribution < -0.4 is 15.5 Å². The molecule has 6 N–H and O–H groups in total. The molecule has 0 aliphatic carbocycles. The monoisotopic (exact) mass is 911 g/mol. The quantitative estimate of drug-likeness (QED) is 0.104. The third kappa shape index (κ3) is 6.69. The number of halogens is 1. The van der Waals surface area contributed by atoms with E-state index in [4.69, 9.17) is 0 Å². The number of nitrogens with one attached hydrogen (secondary N) is 2. The van der Waals surface area contributed by atoms with Gasteiger partial charge in [-0.05, 0) is 116 Å². The standard InChI is InChI=1S/C48H58FN7O10/c1-26-21-36(35-22-33(57)24-52(35)47(44(2,3)4,38(59)50-42(63)64)40(61)54-28-13-14-29(54)16-15-28)56(32-11-9-27(49)10-12-32)46(26,8)37-23-34(58)25-53(37)48(45(5,6)7,39(60)51-43(65)66)41(62)55-30-17-18-31(55)20-19-30/h9-20,26,33-37,57-58H,21-25H2,1-8H3,(H,50,59)(H,51,60)(H,63,64)(H,65,66)/t26?,33-,34-,35-,36+,37-,46+,47-,48-/m0/s1. The van der Waals surface area contributed by atoms with Crippen molar-refractivity contribution in [2.24, 2.45) is 16.7 Å². The van der Waals surface area contributed by atoms with Crippen molar-refractivity contribution in [1.82, 2.24) is 29.6 Å². The van der Waals surface area contributed by atoms with Gasteiger partial charge in [0.2, 0.25) is 0 Å². The number of benzene rings is 3. The largest absolute Gasteiger partial charge is 0.465 e. The molecule has 66 heavy (non-hydrogen) atoms. The molecule has 17 nitrogen and oxygen atoms in total. The lowest BCUT2D eigenvalue weighted by molar-refractivity contribution is -0.139. The number of hydrogen-bond acceptors (Lipinski definition) is 11. The van der Waals surface area contributed by atoms with Gasteiger partial charge < -0.3 is 25.3 Å². The van der Waals surface area contributed by atoms with E-state index in [1.807, 2.05) is 29.4 Å². The van der Waals surface area contributed by atoms with Crippen LogP contribution in [0.1, 0.15) is 84.2 Å². The predicted octanol–water partition coefficient (Wildman–Crippen LogP) is 5.29. The number of aliphatic hydroxyl groups excluding tert-OH is 2. The van der Waals surface area contributed by atoms with Crippen LogP contribution in [0.3, 0.4) is 0 Å². The summed E-state index contributed by atoms with van der Waals surface area (Å²) in [6, 6.07) is 16.9. The lowest BCUT2D eigenvalue weighted by Crippen LogP contribution is -2.76. The number of aromatic nitrogens is 2. The number of carbonyl (C=O) groups is 6. The Morgan fingerprint density at radius 1 is 0.606 bits per heavy atom. The number of carboxylic acid groups (broad SMARTS) is 2. The van der Waals surface area contributed by atoms with Crippen LogP contribution >= 0.6 is 0 Å². The van der Waals surface area contributed by atoms with Gasteiger partial charge in [0.05, 0.1) is 17.7 Å². The Hall–Kier alpha value is -5.95. The molecule has 1 unspecified atom stereocenters. The SMILES string of the molecule is CC1C[C@H]([C@@H]2C[C@H](O)CN2[C@@](C(=O)NC(=O)O)(C(=O)n2c3ccc2cc3)C(C)(C)C)N(c2ccc(F)cc2)[C@@]1(C)[C@@H]1C[C@H](O)CN1[C@@](C(=O)NC(=O)O)(C(=O)n1c2ccc1cc2)C(C)(C)C. The molecule has 5 aromatic rings. The van der Waals surface area contributed by atoms with E-state index in [-0.39, 0.29) is 32.4 Å². The molecule has 3 fully saturated rings. The van der Waals surface area contributed by atoms with Crippen LogP contribution in [0.4, 0.5) is 19.7 Å². The Labute approximate surface area is 380 Å². The third-order valence-corrected chi connectivity index (χ3v) is 15.2. The van der Waals surface area contributed by atoms with Crippen molar-refractivity contribution >= 4 is 63.6 Å². The Balaban J connectivity index is 1.34. The number of imide groups is 2. The average Bonchev–Trinajstić information content (AvgIpc) is 4.10. The van der Waals surface area contributed by atoms with E-state index in [0.717, 1.165) is 0 Å². The summed E-state index contributed by atoms with van der Waals surface area (Å²) in [5, 5.41) is 47.8. The van der Waals surface area contributed by atoms with Crippen molar-refractivity contribution in [3.05, 3.63) is 78.6 Å². The molecule has 3 aliphatic heterocycles. The number of anilines is 1. The molecule has 4 aromatic heterocycles. The number of hydrogen-bond donors (Lipinski definition) is 6. The van der Waals surface area contributed by atoms with E-state index in [0.29, 0.717) is 27.8 Å². The molecule has 1 aromatic carbocycles. The predicted molar refractivity (Wildman–Crippen MR) is 241 cm³/mol. The molecule has 352 valence electrons. The van der Waals surface area contributed by atoms with Crippen LogP contribution in [-0.2, 0) is 9.59 Å². The van der Waals surface area contributed by atoms with Crippen molar-refractivity contribution in [1.29, 1.82) is 0 Å². The first-order valence-corrected chi connectivity index (χ1v) is 22.2. The number of nitrogens with zero attached hydrogens (tertiary/aromatic N) is 5. The van der Waals surface area contributed by atoms with Crippen LogP contribution in [-0.4, -0.2) is 135 Å². The summed E-state index contributed by atoms with van der Waals surface area (Å²) in [4.78, 5) is 91.0. The summed E-state index contributed by atoms with van der Waals surface area (Å²) >= 11 is 0. The molecule has 4 amide bonds. The second kappa shape index (κ2) is 15.8. The van der Waals surface area contributed by atoms with Crippen molar-refractivity contribution < 1.29 is 53.6 Å². The molecular weight excluding hydrogens is 854 g/mol. The maximum absolute atomic E-state index is 15.6. The lowest BCUT2D eigenvalue weighted by Gasteiger charge is -2.56. The fourth-order valence-corrected chi connectivity index (χ4v) is 12.4.